The summed E-state index contributed by atoms with van der Waals surface area (Å²) in [7, 11) is 1.35. The Kier molecular flexibility index (Phi) is 4.10. The van der Waals surface area contributed by atoms with Crippen LogP contribution >= 0.6 is 23.2 Å². The standard InChI is InChI=1S/C17H12Cl2O3/c1-21-17(20)10-5-6-15-13(9-10)11(7-8-22-15)12-3-2-4-14(18)16(12)19/h2-7,9H,8H2,1H3. The van der Waals surface area contributed by atoms with E-state index in [0.717, 1.165) is 16.7 Å². The molecule has 0 saturated heterocycles. The molecule has 3 rings (SSSR count). The number of hydrogen-bond donors (Lipinski definition) is 0. The first-order valence-electron chi connectivity index (χ1n) is 6.62. The zero-order valence-electron chi connectivity index (χ0n) is 11.7. The fourth-order valence-corrected chi connectivity index (χ4v) is 2.81. The third kappa shape index (κ3) is 2.58. The molecule has 1 aliphatic heterocycles. The van der Waals surface area contributed by atoms with E-state index < -0.39 is 5.97 Å². The van der Waals surface area contributed by atoms with Crippen molar-refractivity contribution in [2.75, 3.05) is 13.7 Å². The van der Waals surface area contributed by atoms with Gasteiger partial charge in [-0.2, -0.15) is 0 Å². The Labute approximate surface area is 138 Å². The normalized spacial score (nSPS) is 13.0. The van der Waals surface area contributed by atoms with Crippen molar-refractivity contribution in [2.24, 2.45) is 0 Å². The molecule has 22 heavy (non-hydrogen) atoms. The van der Waals surface area contributed by atoms with Crippen LogP contribution in [0.4, 0.5) is 0 Å². The first-order valence-corrected chi connectivity index (χ1v) is 7.37. The number of ether oxygens (including phenoxy) is 2. The lowest BCUT2D eigenvalue weighted by molar-refractivity contribution is 0.0600. The number of rotatable bonds is 2. The van der Waals surface area contributed by atoms with Crippen molar-refractivity contribution in [3.05, 3.63) is 69.2 Å². The van der Waals surface area contributed by atoms with Gasteiger partial charge in [0.15, 0.2) is 0 Å². The van der Waals surface area contributed by atoms with E-state index >= 15 is 0 Å². The number of carbonyl (C=O) groups excluding carboxylic acids is 1. The van der Waals surface area contributed by atoms with Crippen LogP contribution in [-0.4, -0.2) is 19.7 Å². The third-order valence-corrected chi connectivity index (χ3v) is 4.28. The monoisotopic (exact) mass is 334 g/mol. The Balaban J connectivity index is 2.15. The lowest BCUT2D eigenvalue weighted by Crippen LogP contribution is -2.08. The minimum absolute atomic E-state index is 0.398. The van der Waals surface area contributed by atoms with E-state index in [4.69, 9.17) is 32.7 Å². The molecule has 0 fully saturated rings. The van der Waals surface area contributed by atoms with Gasteiger partial charge >= 0.3 is 5.97 Å². The Morgan fingerprint density at radius 1 is 1.18 bits per heavy atom. The second-order valence-electron chi connectivity index (χ2n) is 4.73. The molecule has 0 radical (unpaired) electrons. The number of hydrogen-bond acceptors (Lipinski definition) is 3. The van der Waals surface area contributed by atoms with Crippen molar-refractivity contribution in [2.45, 2.75) is 0 Å². The quantitative estimate of drug-likeness (QED) is 0.752. The van der Waals surface area contributed by atoms with Gasteiger partial charge in [0.05, 0.1) is 22.7 Å². The van der Waals surface area contributed by atoms with Crippen LogP contribution in [0.1, 0.15) is 21.5 Å². The number of fused-ring (bicyclic) bond motifs is 1. The highest BCUT2D eigenvalue weighted by atomic mass is 35.5. The van der Waals surface area contributed by atoms with E-state index in [1.54, 1.807) is 24.3 Å². The predicted molar refractivity (Wildman–Crippen MR) is 86.8 cm³/mol. The average molecular weight is 335 g/mol. The van der Waals surface area contributed by atoms with E-state index in [9.17, 15) is 4.79 Å². The lowest BCUT2D eigenvalue weighted by atomic mass is 9.94. The zero-order valence-corrected chi connectivity index (χ0v) is 13.2. The van der Waals surface area contributed by atoms with Crippen LogP contribution < -0.4 is 4.74 Å². The molecular formula is C17H12Cl2O3. The van der Waals surface area contributed by atoms with Gasteiger partial charge in [0.2, 0.25) is 0 Å². The molecule has 0 atom stereocenters. The van der Waals surface area contributed by atoms with Crippen molar-refractivity contribution < 1.29 is 14.3 Å². The van der Waals surface area contributed by atoms with Crippen molar-refractivity contribution in [1.82, 2.24) is 0 Å². The topological polar surface area (TPSA) is 35.5 Å². The minimum atomic E-state index is -0.398. The Bertz CT molecular complexity index is 781. The fourth-order valence-electron chi connectivity index (χ4n) is 2.40. The fraction of sp³-hybridized carbons (Fsp3) is 0.118. The molecule has 0 saturated carbocycles. The molecule has 0 N–H and O–H groups in total. The number of esters is 1. The third-order valence-electron chi connectivity index (χ3n) is 3.46. The van der Waals surface area contributed by atoms with Crippen molar-refractivity contribution >= 4 is 34.7 Å². The molecule has 1 heterocycles. The van der Waals surface area contributed by atoms with Gasteiger partial charge in [-0.1, -0.05) is 35.3 Å². The van der Waals surface area contributed by atoms with Gasteiger partial charge in [-0.3, -0.25) is 0 Å². The van der Waals surface area contributed by atoms with Gasteiger partial charge in [-0.15, -0.1) is 0 Å². The van der Waals surface area contributed by atoms with Gasteiger partial charge in [-0.25, -0.2) is 4.79 Å². The van der Waals surface area contributed by atoms with Crippen LogP contribution in [0.15, 0.2) is 42.5 Å². The highest BCUT2D eigenvalue weighted by molar-refractivity contribution is 6.43. The van der Waals surface area contributed by atoms with Crippen LogP contribution in [0.25, 0.3) is 5.57 Å². The molecule has 0 aliphatic carbocycles. The molecule has 2 aromatic rings. The summed E-state index contributed by atoms with van der Waals surface area (Å²) < 4.78 is 10.4. The van der Waals surface area contributed by atoms with E-state index in [-0.39, 0.29) is 0 Å². The maximum Gasteiger partial charge on any atom is 0.337 e. The summed E-state index contributed by atoms with van der Waals surface area (Å²) in [5.74, 6) is 0.297. The second-order valence-corrected chi connectivity index (χ2v) is 5.52. The average Bonchev–Trinajstić information content (AvgIpc) is 2.55. The number of benzene rings is 2. The molecule has 0 unspecified atom stereocenters. The number of carbonyl (C=O) groups is 1. The van der Waals surface area contributed by atoms with Crippen molar-refractivity contribution in [1.29, 1.82) is 0 Å². The molecule has 112 valence electrons. The predicted octanol–water partition coefficient (Wildman–Crippen LogP) is 4.60. The SMILES string of the molecule is COC(=O)c1ccc2c(c1)C(c1cccc(Cl)c1Cl)=CCO2. The number of halogens is 2. The Hall–Kier alpha value is -1.97. The van der Waals surface area contributed by atoms with Crippen LogP contribution in [0, 0.1) is 0 Å². The van der Waals surface area contributed by atoms with Crippen LogP contribution in [-0.2, 0) is 4.74 Å². The van der Waals surface area contributed by atoms with E-state index in [1.165, 1.54) is 7.11 Å². The van der Waals surface area contributed by atoms with E-state index in [0.29, 0.717) is 28.0 Å². The molecule has 0 amide bonds. The summed E-state index contributed by atoms with van der Waals surface area (Å²) in [6, 6.07) is 10.6. The largest absolute Gasteiger partial charge is 0.489 e. The van der Waals surface area contributed by atoms with Gasteiger partial charge in [0.1, 0.15) is 12.4 Å². The first kappa shape index (κ1) is 14.9. The molecule has 0 aromatic heterocycles. The van der Waals surface area contributed by atoms with Crippen LogP contribution in [0.3, 0.4) is 0 Å². The second kappa shape index (κ2) is 6.03. The summed E-state index contributed by atoms with van der Waals surface area (Å²) >= 11 is 12.4. The maximum absolute atomic E-state index is 11.7. The summed E-state index contributed by atoms with van der Waals surface area (Å²) in [5.41, 5.74) is 2.94. The Morgan fingerprint density at radius 2 is 2.00 bits per heavy atom. The lowest BCUT2D eigenvalue weighted by Gasteiger charge is -2.20. The van der Waals surface area contributed by atoms with Gasteiger partial charge < -0.3 is 9.47 Å². The minimum Gasteiger partial charge on any atom is -0.489 e. The van der Waals surface area contributed by atoms with E-state index in [2.05, 4.69) is 0 Å². The highest BCUT2D eigenvalue weighted by Crippen LogP contribution is 2.39. The van der Waals surface area contributed by atoms with E-state index in [1.807, 2.05) is 18.2 Å². The summed E-state index contributed by atoms with van der Waals surface area (Å²) in [6.45, 7) is 0.433. The molecule has 0 spiro atoms. The van der Waals surface area contributed by atoms with Crippen molar-refractivity contribution in [3.63, 3.8) is 0 Å². The maximum atomic E-state index is 11.7. The van der Waals surface area contributed by atoms with Crippen LogP contribution in [0.2, 0.25) is 10.0 Å². The highest BCUT2D eigenvalue weighted by Gasteiger charge is 2.20. The summed E-state index contributed by atoms with van der Waals surface area (Å²) in [4.78, 5) is 11.7. The van der Waals surface area contributed by atoms with Gasteiger partial charge in [-0.05, 0) is 35.9 Å². The smallest absolute Gasteiger partial charge is 0.337 e. The molecule has 1 aliphatic rings. The number of methoxy groups -OCH3 is 1. The van der Waals surface area contributed by atoms with Crippen molar-refractivity contribution in [3.8, 4) is 5.75 Å². The summed E-state index contributed by atoms with van der Waals surface area (Å²) in [6.07, 6.45) is 1.92. The van der Waals surface area contributed by atoms with Gasteiger partial charge in [0, 0.05) is 11.1 Å². The van der Waals surface area contributed by atoms with Crippen LogP contribution in [0.5, 0.6) is 5.75 Å². The Morgan fingerprint density at radius 3 is 2.77 bits per heavy atom. The summed E-state index contributed by atoms with van der Waals surface area (Å²) in [5, 5.41) is 0.962. The zero-order chi connectivity index (χ0) is 15.7. The molecule has 3 nitrogen and oxygen atoms in total. The molecule has 5 heteroatoms. The molecule has 2 aromatic carbocycles. The van der Waals surface area contributed by atoms with Gasteiger partial charge in [0.25, 0.3) is 0 Å². The molecular weight excluding hydrogens is 323 g/mol. The first-order chi connectivity index (χ1) is 10.6. The molecule has 0 bridgehead atoms.